The number of aromatic amines is 1. The molecule has 0 aliphatic rings. The lowest BCUT2D eigenvalue weighted by Gasteiger charge is -2.18. The number of Topliss-reactive ketones (excluding diaryl/α,β-unsaturated/α-hetero) is 1. The fourth-order valence-corrected chi connectivity index (χ4v) is 2.11. The van der Waals surface area contributed by atoms with E-state index >= 15 is 0 Å². The number of rotatable bonds is 6. The van der Waals surface area contributed by atoms with Crippen LogP contribution < -0.4 is 4.74 Å². The molecule has 2 aromatic rings. The molecule has 2 rings (SSSR count). The van der Waals surface area contributed by atoms with E-state index in [1.54, 1.807) is 38.4 Å². The zero-order valence-corrected chi connectivity index (χ0v) is 13.4. The molecule has 6 nitrogen and oxygen atoms in total. The minimum absolute atomic E-state index is 0.127. The molecule has 0 unspecified atom stereocenters. The van der Waals surface area contributed by atoms with Crippen molar-refractivity contribution in [2.75, 3.05) is 6.61 Å². The molecule has 0 fully saturated rings. The molecule has 0 atom stereocenters. The summed E-state index contributed by atoms with van der Waals surface area (Å²) in [4.78, 5) is 18.6. The number of allylic oxidation sites excluding steroid dienone is 2. The Morgan fingerprint density at radius 1 is 1.57 bits per heavy atom. The van der Waals surface area contributed by atoms with E-state index in [0.717, 1.165) is 10.9 Å². The molecule has 23 heavy (non-hydrogen) atoms. The van der Waals surface area contributed by atoms with Gasteiger partial charge in [0.2, 0.25) is 0 Å². The summed E-state index contributed by atoms with van der Waals surface area (Å²) in [6.07, 6.45) is 5.40. The van der Waals surface area contributed by atoms with Crippen LogP contribution in [0.3, 0.4) is 0 Å². The number of ether oxygens (including phenoxy) is 1. The van der Waals surface area contributed by atoms with Crippen LogP contribution in [0, 0.1) is 11.3 Å². The Bertz CT molecular complexity index is 791. The van der Waals surface area contributed by atoms with Crippen LogP contribution in [-0.4, -0.2) is 33.1 Å². The van der Waals surface area contributed by atoms with Gasteiger partial charge in [-0.2, -0.15) is 5.26 Å². The second-order valence-electron chi connectivity index (χ2n) is 5.94. The average Bonchev–Trinajstić information content (AvgIpc) is 2.88. The van der Waals surface area contributed by atoms with E-state index in [1.807, 2.05) is 6.07 Å². The fourth-order valence-electron chi connectivity index (χ4n) is 2.11. The molecular weight excluding hydrogens is 294 g/mol. The van der Waals surface area contributed by atoms with Crippen molar-refractivity contribution in [3.05, 3.63) is 35.7 Å². The van der Waals surface area contributed by atoms with Crippen LogP contribution in [-0.2, 0) is 11.2 Å². The van der Waals surface area contributed by atoms with Crippen LogP contribution in [0.2, 0.25) is 0 Å². The smallest absolute Gasteiger partial charge is 0.169 e. The van der Waals surface area contributed by atoms with Gasteiger partial charge in [0.25, 0.3) is 0 Å². The highest BCUT2D eigenvalue weighted by Gasteiger charge is 2.16. The van der Waals surface area contributed by atoms with E-state index in [0.29, 0.717) is 17.8 Å². The number of pyridine rings is 1. The van der Waals surface area contributed by atoms with Crippen molar-refractivity contribution in [3.8, 4) is 11.8 Å². The van der Waals surface area contributed by atoms with Crippen LogP contribution in [0.4, 0.5) is 0 Å². The molecular formula is C17H19N3O3. The molecule has 0 aliphatic heterocycles. The number of aliphatic hydroxyl groups is 1. The fraction of sp³-hybridized carbons (Fsp3) is 0.353. The van der Waals surface area contributed by atoms with Crippen LogP contribution in [0.1, 0.15) is 26.3 Å². The molecule has 2 N–H and O–H groups in total. The number of nitrogens with zero attached hydrogens (tertiary/aromatic N) is 2. The highest BCUT2D eigenvalue weighted by Crippen LogP contribution is 2.28. The molecule has 0 aliphatic carbocycles. The highest BCUT2D eigenvalue weighted by atomic mass is 16.5. The van der Waals surface area contributed by atoms with Crippen LogP contribution in [0.5, 0.6) is 5.75 Å². The maximum atomic E-state index is 11.3. The molecule has 0 saturated heterocycles. The van der Waals surface area contributed by atoms with Gasteiger partial charge in [-0.1, -0.05) is 6.08 Å². The Balaban J connectivity index is 2.35. The first-order chi connectivity index (χ1) is 10.8. The molecule has 0 aromatic carbocycles. The molecule has 2 aromatic heterocycles. The Kier molecular flexibility index (Phi) is 4.82. The van der Waals surface area contributed by atoms with Gasteiger partial charge in [-0.05, 0) is 38.8 Å². The molecule has 0 saturated carbocycles. The average molecular weight is 313 g/mol. The number of carbonyl (C=O) groups excluding carboxylic acids is 1. The molecule has 2 heterocycles. The Hall–Kier alpha value is -2.65. The molecule has 6 heteroatoms. The van der Waals surface area contributed by atoms with Crippen molar-refractivity contribution in [2.24, 2.45) is 0 Å². The third-order valence-electron chi connectivity index (χ3n) is 3.22. The monoisotopic (exact) mass is 313 g/mol. The van der Waals surface area contributed by atoms with Gasteiger partial charge in [0.15, 0.2) is 5.78 Å². The summed E-state index contributed by atoms with van der Waals surface area (Å²) in [6, 6.07) is 3.62. The lowest BCUT2D eigenvalue weighted by molar-refractivity contribution is -0.113. The van der Waals surface area contributed by atoms with Gasteiger partial charge in [0.1, 0.15) is 24.1 Å². The van der Waals surface area contributed by atoms with Crippen LogP contribution in [0.25, 0.3) is 11.0 Å². The van der Waals surface area contributed by atoms with Gasteiger partial charge < -0.3 is 14.8 Å². The number of carbonyl (C=O) groups is 1. The summed E-state index contributed by atoms with van der Waals surface area (Å²) in [5.41, 5.74) is 0.701. The maximum Gasteiger partial charge on any atom is 0.169 e. The van der Waals surface area contributed by atoms with E-state index in [2.05, 4.69) is 9.97 Å². The predicted molar refractivity (Wildman–Crippen MR) is 86.0 cm³/mol. The van der Waals surface area contributed by atoms with E-state index in [-0.39, 0.29) is 18.0 Å². The molecule has 0 amide bonds. The zero-order chi connectivity index (χ0) is 17.0. The minimum Gasteiger partial charge on any atom is -0.490 e. The predicted octanol–water partition coefficient (Wildman–Crippen LogP) is 2.29. The highest BCUT2D eigenvalue weighted by molar-refractivity contribution is 5.97. The number of hydrogen-bond acceptors (Lipinski definition) is 5. The van der Waals surface area contributed by atoms with Crippen molar-refractivity contribution in [3.63, 3.8) is 0 Å². The number of fused-ring (bicyclic) bond motifs is 1. The molecule has 120 valence electrons. The van der Waals surface area contributed by atoms with Gasteiger partial charge in [-0.3, -0.25) is 4.79 Å². The number of hydrogen-bond donors (Lipinski definition) is 2. The molecule has 0 radical (unpaired) electrons. The SMILES string of the molecule is CC(=O)C(C#N)=CCc1c[nH]c2nccc(OCC(C)(C)O)c12. The first-order valence-electron chi connectivity index (χ1n) is 7.23. The van der Waals surface area contributed by atoms with Gasteiger partial charge in [-0.25, -0.2) is 4.98 Å². The van der Waals surface area contributed by atoms with E-state index < -0.39 is 5.60 Å². The topological polar surface area (TPSA) is 99.0 Å². The van der Waals surface area contributed by atoms with Gasteiger partial charge in [0, 0.05) is 12.4 Å². The van der Waals surface area contributed by atoms with Crippen molar-refractivity contribution >= 4 is 16.8 Å². The van der Waals surface area contributed by atoms with Gasteiger partial charge in [0.05, 0.1) is 16.6 Å². The lowest BCUT2D eigenvalue weighted by atomic mass is 10.1. The minimum atomic E-state index is -0.950. The standard InChI is InChI=1S/C17H19N3O3/c1-11(21)12(8-18)4-5-13-9-20-16-15(13)14(6-7-19-16)23-10-17(2,3)22/h4,6-7,9,22H,5,10H2,1-3H3,(H,19,20). The number of ketones is 1. The van der Waals surface area contributed by atoms with Crippen LogP contribution >= 0.6 is 0 Å². The van der Waals surface area contributed by atoms with Gasteiger partial charge >= 0.3 is 0 Å². The van der Waals surface area contributed by atoms with Crippen LogP contribution in [0.15, 0.2) is 30.1 Å². The van der Waals surface area contributed by atoms with Gasteiger partial charge in [-0.15, -0.1) is 0 Å². The summed E-state index contributed by atoms with van der Waals surface area (Å²) in [5, 5.41) is 19.5. The summed E-state index contributed by atoms with van der Waals surface area (Å²) in [5.74, 6) is 0.340. The Labute approximate surface area is 134 Å². The maximum absolute atomic E-state index is 11.3. The summed E-state index contributed by atoms with van der Waals surface area (Å²) in [6.45, 7) is 4.84. The molecule has 0 spiro atoms. The van der Waals surface area contributed by atoms with Crippen molar-refractivity contribution in [2.45, 2.75) is 32.8 Å². The number of H-pyrrole nitrogens is 1. The van der Waals surface area contributed by atoms with Crippen molar-refractivity contribution in [1.29, 1.82) is 5.26 Å². The number of nitrogens with one attached hydrogen (secondary N) is 1. The second kappa shape index (κ2) is 6.63. The van der Waals surface area contributed by atoms with Crippen molar-refractivity contribution < 1.29 is 14.6 Å². The number of aromatic nitrogens is 2. The first kappa shape index (κ1) is 16.7. The van der Waals surface area contributed by atoms with E-state index in [4.69, 9.17) is 10.00 Å². The van der Waals surface area contributed by atoms with E-state index in [9.17, 15) is 9.90 Å². The number of nitriles is 1. The summed E-state index contributed by atoms with van der Waals surface area (Å²) >= 11 is 0. The van der Waals surface area contributed by atoms with Crippen molar-refractivity contribution in [1.82, 2.24) is 9.97 Å². The normalized spacial score (nSPS) is 12.2. The largest absolute Gasteiger partial charge is 0.490 e. The Morgan fingerprint density at radius 3 is 2.91 bits per heavy atom. The molecule has 0 bridgehead atoms. The lowest BCUT2D eigenvalue weighted by Crippen LogP contribution is -2.27. The summed E-state index contributed by atoms with van der Waals surface area (Å²) < 4.78 is 5.70. The zero-order valence-electron chi connectivity index (χ0n) is 13.4. The second-order valence-corrected chi connectivity index (χ2v) is 5.94. The first-order valence-corrected chi connectivity index (χ1v) is 7.23. The Morgan fingerprint density at radius 2 is 2.30 bits per heavy atom. The van der Waals surface area contributed by atoms with E-state index in [1.165, 1.54) is 6.92 Å². The summed E-state index contributed by atoms with van der Waals surface area (Å²) in [7, 11) is 0. The quantitative estimate of drug-likeness (QED) is 0.629. The third-order valence-corrected chi connectivity index (χ3v) is 3.22. The third kappa shape index (κ3) is 4.18.